The van der Waals surface area contributed by atoms with Crippen molar-refractivity contribution in [1.29, 1.82) is 0 Å². The summed E-state index contributed by atoms with van der Waals surface area (Å²) in [5.74, 6) is 1.18. The molecular weight excluding hydrogens is 354 g/mol. The van der Waals surface area contributed by atoms with E-state index in [1.807, 2.05) is 6.07 Å². The normalized spacial score (nSPS) is 13.6. The highest BCUT2D eigenvalue weighted by molar-refractivity contribution is 5.94. The van der Waals surface area contributed by atoms with E-state index in [9.17, 15) is 4.79 Å². The van der Waals surface area contributed by atoms with Gasteiger partial charge in [0, 0.05) is 35.6 Å². The maximum atomic E-state index is 12.9. The first kappa shape index (κ1) is 18.4. The molecule has 1 amide bonds. The van der Waals surface area contributed by atoms with Crippen molar-refractivity contribution < 1.29 is 14.3 Å². The number of para-hydroxylation sites is 1. The van der Waals surface area contributed by atoms with Gasteiger partial charge in [-0.1, -0.05) is 18.2 Å². The van der Waals surface area contributed by atoms with Crippen LogP contribution in [0.1, 0.15) is 11.3 Å². The van der Waals surface area contributed by atoms with Crippen molar-refractivity contribution in [2.24, 2.45) is 0 Å². The van der Waals surface area contributed by atoms with E-state index in [4.69, 9.17) is 9.47 Å². The zero-order valence-electron chi connectivity index (χ0n) is 16.2. The molecule has 3 aromatic rings. The van der Waals surface area contributed by atoms with Crippen molar-refractivity contribution in [3.63, 3.8) is 0 Å². The first-order valence-electron chi connectivity index (χ1n) is 9.53. The number of methoxy groups -OCH3 is 2. The van der Waals surface area contributed by atoms with Crippen LogP contribution in [0.5, 0.6) is 11.5 Å². The number of nitrogens with zero attached hydrogens (tertiary/aromatic N) is 1. The number of hydrogen-bond donors (Lipinski definition) is 2. The van der Waals surface area contributed by atoms with Crippen LogP contribution in [0.4, 0.5) is 5.69 Å². The van der Waals surface area contributed by atoms with E-state index in [1.54, 1.807) is 32.4 Å². The third-order valence-corrected chi connectivity index (χ3v) is 5.27. The monoisotopic (exact) mass is 379 g/mol. The third kappa shape index (κ3) is 3.43. The summed E-state index contributed by atoms with van der Waals surface area (Å²) in [6, 6.07) is 13.7. The number of fused-ring (bicyclic) bond motifs is 3. The summed E-state index contributed by atoms with van der Waals surface area (Å²) in [6.07, 6.45) is 1.90. The van der Waals surface area contributed by atoms with E-state index in [1.165, 1.54) is 16.6 Å². The summed E-state index contributed by atoms with van der Waals surface area (Å²) in [6.45, 7) is 2.17. The predicted molar refractivity (Wildman–Crippen MR) is 110 cm³/mol. The van der Waals surface area contributed by atoms with Gasteiger partial charge in [0.2, 0.25) is 5.91 Å². The largest absolute Gasteiger partial charge is 0.497 e. The number of anilines is 1. The molecule has 146 valence electrons. The van der Waals surface area contributed by atoms with Crippen molar-refractivity contribution >= 4 is 22.5 Å². The molecule has 0 bridgehead atoms. The second-order valence-electron chi connectivity index (χ2n) is 6.89. The molecule has 0 atom stereocenters. The van der Waals surface area contributed by atoms with Crippen molar-refractivity contribution in [1.82, 2.24) is 9.88 Å². The molecule has 1 aliphatic rings. The zero-order valence-corrected chi connectivity index (χ0v) is 16.2. The number of nitrogens with one attached hydrogen (secondary N) is 2. The maximum absolute atomic E-state index is 12.9. The summed E-state index contributed by atoms with van der Waals surface area (Å²) >= 11 is 0. The second-order valence-corrected chi connectivity index (χ2v) is 6.89. The molecule has 28 heavy (non-hydrogen) atoms. The average Bonchev–Trinajstić information content (AvgIpc) is 2.87. The fourth-order valence-corrected chi connectivity index (χ4v) is 3.95. The molecule has 0 saturated carbocycles. The van der Waals surface area contributed by atoms with E-state index in [0.717, 1.165) is 31.4 Å². The molecule has 1 aromatic heterocycles. The summed E-state index contributed by atoms with van der Waals surface area (Å²) < 4.78 is 12.8. The number of carbonyl (C=O) groups excluding carboxylic acids is 1. The summed E-state index contributed by atoms with van der Waals surface area (Å²) in [4.78, 5) is 12.9. The van der Waals surface area contributed by atoms with E-state index in [-0.39, 0.29) is 12.5 Å². The lowest BCUT2D eigenvalue weighted by atomic mass is 10.1. The molecule has 1 aliphatic heterocycles. The Morgan fingerprint density at radius 2 is 1.93 bits per heavy atom. The Morgan fingerprint density at radius 1 is 1.11 bits per heavy atom. The first-order chi connectivity index (χ1) is 13.7. The Kier molecular flexibility index (Phi) is 5.21. The first-order valence-corrected chi connectivity index (χ1v) is 9.53. The molecular formula is C22H25N3O3. The number of amides is 1. The van der Waals surface area contributed by atoms with Crippen LogP contribution in [0.2, 0.25) is 0 Å². The number of carbonyl (C=O) groups is 1. The molecule has 2 N–H and O–H groups in total. The molecule has 0 fully saturated rings. The fraction of sp³-hybridized carbons (Fsp3) is 0.318. The van der Waals surface area contributed by atoms with Crippen LogP contribution in [-0.4, -0.2) is 37.8 Å². The van der Waals surface area contributed by atoms with Gasteiger partial charge in [-0.3, -0.25) is 4.79 Å². The SMILES string of the molecule is COc1ccc(NC(=O)Cn2c3c(c4ccccc42)CCNCC3)c(OC)c1. The lowest BCUT2D eigenvalue weighted by Gasteiger charge is -2.14. The van der Waals surface area contributed by atoms with Gasteiger partial charge in [-0.05, 0) is 36.7 Å². The van der Waals surface area contributed by atoms with Crippen LogP contribution in [-0.2, 0) is 24.2 Å². The highest BCUT2D eigenvalue weighted by Gasteiger charge is 2.20. The minimum Gasteiger partial charge on any atom is -0.497 e. The lowest BCUT2D eigenvalue weighted by molar-refractivity contribution is -0.116. The smallest absolute Gasteiger partial charge is 0.244 e. The van der Waals surface area contributed by atoms with Gasteiger partial charge in [0.15, 0.2) is 0 Å². The highest BCUT2D eigenvalue weighted by atomic mass is 16.5. The Morgan fingerprint density at radius 3 is 2.75 bits per heavy atom. The van der Waals surface area contributed by atoms with Gasteiger partial charge < -0.3 is 24.7 Å². The third-order valence-electron chi connectivity index (χ3n) is 5.27. The Balaban J connectivity index is 1.64. The van der Waals surface area contributed by atoms with E-state index in [2.05, 4.69) is 33.4 Å². The number of rotatable bonds is 5. The molecule has 6 nitrogen and oxygen atoms in total. The van der Waals surface area contributed by atoms with Gasteiger partial charge in [-0.2, -0.15) is 0 Å². The number of ether oxygens (including phenoxy) is 2. The van der Waals surface area contributed by atoms with Crippen LogP contribution < -0.4 is 20.1 Å². The molecule has 4 rings (SSSR count). The summed E-state index contributed by atoms with van der Waals surface area (Å²) in [5, 5.41) is 7.68. The van der Waals surface area contributed by atoms with Gasteiger partial charge in [0.05, 0.1) is 19.9 Å². The van der Waals surface area contributed by atoms with Crippen LogP contribution in [0, 0.1) is 0 Å². The van der Waals surface area contributed by atoms with Crippen molar-refractivity contribution in [3.8, 4) is 11.5 Å². The van der Waals surface area contributed by atoms with E-state index in [0.29, 0.717) is 17.2 Å². The van der Waals surface area contributed by atoms with Crippen LogP contribution >= 0.6 is 0 Å². The molecule has 2 heterocycles. The Hall–Kier alpha value is -2.99. The number of aromatic nitrogens is 1. The predicted octanol–water partition coefficient (Wildman–Crippen LogP) is 2.99. The molecule has 0 spiro atoms. The molecule has 0 aliphatic carbocycles. The van der Waals surface area contributed by atoms with E-state index < -0.39 is 0 Å². The van der Waals surface area contributed by atoms with Crippen LogP contribution in [0.15, 0.2) is 42.5 Å². The van der Waals surface area contributed by atoms with Gasteiger partial charge in [-0.15, -0.1) is 0 Å². The minimum atomic E-state index is -0.0794. The molecule has 0 radical (unpaired) electrons. The Labute approximate surface area is 164 Å². The van der Waals surface area contributed by atoms with Crippen LogP contribution in [0.3, 0.4) is 0 Å². The molecule has 0 unspecified atom stereocenters. The number of hydrogen-bond acceptors (Lipinski definition) is 4. The number of benzene rings is 2. The standard InChI is InChI=1S/C22H25N3O3/c1-27-15-7-8-18(21(13-15)28-2)24-22(26)14-25-19-6-4-3-5-16(19)17-9-11-23-12-10-20(17)25/h3-8,13,23H,9-12,14H2,1-2H3,(H,24,26). The quantitative estimate of drug-likeness (QED) is 0.715. The maximum Gasteiger partial charge on any atom is 0.244 e. The average molecular weight is 379 g/mol. The lowest BCUT2D eigenvalue weighted by Crippen LogP contribution is -2.21. The van der Waals surface area contributed by atoms with Crippen molar-refractivity contribution in [3.05, 3.63) is 53.7 Å². The summed E-state index contributed by atoms with van der Waals surface area (Å²) in [7, 11) is 3.18. The van der Waals surface area contributed by atoms with Crippen molar-refractivity contribution in [2.45, 2.75) is 19.4 Å². The van der Waals surface area contributed by atoms with Gasteiger partial charge >= 0.3 is 0 Å². The van der Waals surface area contributed by atoms with Gasteiger partial charge in [0.1, 0.15) is 18.0 Å². The molecule has 6 heteroatoms. The highest BCUT2D eigenvalue weighted by Crippen LogP contribution is 2.30. The van der Waals surface area contributed by atoms with Gasteiger partial charge in [-0.25, -0.2) is 0 Å². The van der Waals surface area contributed by atoms with E-state index >= 15 is 0 Å². The molecule has 2 aromatic carbocycles. The Bertz CT molecular complexity index is 1010. The van der Waals surface area contributed by atoms with Gasteiger partial charge in [0.25, 0.3) is 0 Å². The zero-order chi connectivity index (χ0) is 19.5. The fourth-order valence-electron chi connectivity index (χ4n) is 3.95. The summed E-state index contributed by atoms with van der Waals surface area (Å²) in [5.41, 5.74) is 4.36. The molecule has 0 saturated heterocycles. The van der Waals surface area contributed by atoms with Crippen molar-refractivity contribution in [2.75, 3.05) is 32.6 Å². The van der Waals surface area contributed by atoms with Crippen LogP contribution in [0.25, 0.3) is 10.9 Å². The minimum absolute atomic E-state index is 0.0794. The second kappa shape index (κ2) is 7.94. The topological polar surface area (TPSA) is 64.5 Å².